The number of fused-ring (bicyclic) bond motifs is 7. The summed E-state index contributed by atoms with van der Waals surface area (Å²) in [5.41, 5.74) is 15.5. The molecule has 3 heteroatoms. The fourth-order valence-corrected chi connectivity index (χ4v) is 9.41. The number of nitrogens with zero attached hydrogens (tertiary/aromatic N) is 2. The van der Waals surface area contributed by atoms with Crippen molar-refractivity contribution >= 4 is 71.6 Å². The predicted octanol–water partition coefficient (Wildman–Crippen LogP) is 16.3. The van der Waals surface area contributed by atoms with Gasteiger partial charge in [-0.25, -0.2) is 0 Å². The first-order valence-electron chi connectivity index (χ1n) is 20.8. The van der Waals surface area contributed by atoms with Crippen molar-refractivity contribution in [1.29, 1.82) is 0 Å². The molecule has 0 saturated heterocycles. The average Bonchev–Trinajstić information content (AvgIpc) is 3.88. The molecule has 286 valence electrons. The van der Waals surface area contributed by atoms with Crippen LogP contribution in [0.2, 0.25) is 0 Å². The summed E-state index contributed by atoms with van der Waals surface area (Å²) in [6.45, 7) is 0. The molecule has 0 aliphatic heterocycles. The van der Waals surface area contributed by atoms with E-state index in [-0.39, 0.29) is 0 Å². The molecule has 0 fully saturated rings. The van der Waals surface area contributed by atoms with Gasteiger partial charge in [0.15, 0.2) is 0 Å². The van der Waals surface area contributed by atoms with Crippen LogP contribution in [0.3, 0.4) is 0 Å². The first-order chi connectivity index (χ1) is 30.3. The van der Waals surface area contributed by atoms with E-state index in [0.717, 1.165) is 78.1 Å². The maximum absolute atomic E-state index is 6.38. The fourth-order valence-electron chi connectivity index (χ4n) is 9.41. The van der Waals surface area contributed by atoms with Crippen LogP contribution in [0.1, 0.15) is 0 Å². The number of furan rings is 1. The molecule has 2 heterocycles. The molecular weight excluding hydrogens is 741 g/mol. The highest BCUT2D eigenvalue weighted by Crippen LogP contribution is 2.46. The molecule has 0 aliphatic rings. The average molecular weight is 779 g/mol. The van der Waals surface area contributed by atoms with Crippen LogP contribution in [0.15, 0.2) is 235 Å². The van der Waals surface area contributed by atoms with Crippen molar-refractivity contribution in [1.82, 2.24) is 4.57 Å². The maximum Gasteiger partial charge on any atom is 0.143 e. The number of benzene rings is 10. The molecule has 0 atom stereocenters. The zero-order chi connectivity index (χ0) is 40.3. The summed E-state index contributed by atoms with van der Waals surface area (Å²) in [6.07, 6.45) is 0. The van der Waals surface area contributed by atoms with Gasteiger partial charge < -0.3 is 13.9 Å². The summed E-state index contributed by atoms with van der Waals surface area (Å²) in [4.78, 5) is 2.43. The number of para-hydroxylation sites is 6. The normalized spacial score (nSPS) is 11.6. The van der Waals surface area contributed by atoms with E-state index in [9.17, 15) is 0 Å². The van der Waals surface area contributed by atoms with Crippen LogP contribution in [-0.2, 0) is 0 Å². The van der Waals surface area contributed by atoms with E-state index >= 15 is 0 Å². The molecule has 0 unspecified atom stereocenters. The number of hydrogen-bond donors (Lipinski definition) is 0. The Morgan fingerprint density at radius 2 is 0.836 bits per heavy atom. The van der Waals surface area contributed by atoms with Crippen molar-refractivity contribution in [3.8, 4) is 39.1 Å². The molecular formula is C58H38N2O. The summed E-state index contributed by atoms with van der Waals surface area (Å²) in [5, 5.41) is 7.16. The number of anilines is 3. The molecule has 0 N–H and O–H groups in total. The SMILES string of the molecule is c1ccc(N(c2ccc(-c3ccc(-c4cccc5c4oc4ccccc45)cc3)cc2)c2cccc3ccccc23)c(-c2ccccc2-n2c3ccccc3c3ccccc32)c1. The number of hydrogen-bond acceptors (Lipinski definition) is 2. The Morgan fingerprint density at radius 3 is 1.61 bits per heavy atom. The largest absolute Gasteiger partial charge is 0.455 e. The molecule has 3 nitrogen and oxygen atoms in total. The number of aromatic nitrogens is 1. The Labute approximate surface area is 353 Å². The third kappa shape index (κ3) is 5.74. The third-order valence-electron chi connectivity index (χ3n) is 12.2. The van der Waals surface area contributed by atoms with Gasteiger partial charge in [0, 0.05) is 49.3 Å². The molecule has 0 radical (unpaired) electrons. The van der Waals surface area contributed by atoms with E-state index in [0.29, 0.717) is 0 Å². The van der Waals surface area contributed by atoms with E-state index in [1.54, 1.807) is 0 Å². The minimum absolute atomic E-state index is 0.911. The topological polar surface area (TPSA) is 21.3 Å². The lowest BCUT2D eigenvalue weighted by molar-refractivity contribution is 0.670. The second kappa shape index (κ2) is 14.3. The minimum Gasteiger partial charge on any atom is -0.455 e. The minimum atomic E-state index is 0.911. The van der Waals surface area contributed by atoms with Crippen molar-refractivity contribution in [3.05, 3.63) is 231 Å². The Hall–Kier alpha value is -8.14. The van der Waals surface area contributed by atoms with Crippen molar-refractivity contribution in [2.75, 3.05) is 4.90 Å². The Balaban J connectivity index is 0.981. The van der Waals surface area contributed by atoms with Crippen LogP contribution in [0.4, 0.5) is 17.1 Å². The zero-order valence-electron chi connectivity index (χ0n) is 33.2. The van der Waals surface area contributed by atoms with Crippen LogP contribution in [0.5, 0.6) is 0 Å². The summed E-state index contributed by atoms with van der Waals surface area (Å²) in [6, 6.07) is 82.9. The quantitative estimate of drug-likeness (QED) is 0.161. The van der Waals surface area contributed by atoms with Crippen molar-refractivity contribution in [3.63, 3.8) is 0 Å². The molecule has 0 amide bonds. The molecule has 12 aromatic rings. The lowest BCUT2D eigenvalue weighted by Gasteiger charge is -2.29. The van der Waals surface area contributed by atoms with Gasteiger partial charge >= 0.3 is 0 Å². The molecule has 0 spiro atoms. The molecule has 10 aromatic carbocycles. The predicted molar refractivity (Wildman–Crippen MR) is 257 cm³/mol. The van der Waals surface area contributed by atoms with Gasteiger partial charge in [0.1, 0.15) is 11.2 Å². The molecule has 2 aromatic heterocycles. The van der Waals surface area contributed by atoms with Gasteiger partial charge in [0.2, 0.25) is 0 Å². The third-order valence-corrected chi connectivity index (χ3v) is 12.2. The smallest absolute Gasteiger partial charge is 0.143 e. The van der Waals surface area contributed by atoms with Gasteiger partial charge in [-0.15, -0.1) is 0 Å². The molecule has 0 bridgehead atoms. The molecule has 12 rings (SSSR count). The van der Waals surface area contributed by atoms with Crippen molar-refractivity contribution in [2.45, 2.75) is 0 Å². The van der Waals surface area contributed by atoms with Crippen LogP contribution in [0, 0.1) is 0 Å². The first kappa shape index (κ1) is 34.9. The Kier molecular flexibility index (Phi) is 8.17. The molecule has 0 aliphatic carbocycles. The van der Waals surface area contributed by atoms with Crippen molar-refractivity contribution in [2.24, 2.45) is 0 Å². The van der Waals surface area contributed by atoms with Gasteiger partial charge in [-0.2, -0.15) is 0 Å². The lowest BCUT2D eigenvalue weighted by atomic mass is 9.97. The summed E-state index contributed by atoms with van der Waals surface area (Å²) in [5.74, 6) is 0. The number of rotatable bonds is 7. The highest BCUT2D eigenvalue weighted by Gasteiger charge is 2.22. The summed E-state index contributed by atoms with van der Waals surface area (Å²) < 4.78 is 8.80. The Bertz CT molecular complexity index is 3530. The van der Waals surface area contributed by atoms with Gasteiger partial charge in [-0.1, -0.05) is 182 Å². The maximum atomic E-state index is 6.38. The lowest BCUT2D eigenvalue weighted by Crippen LogP contribution is -2.12. The Morgan fingerprint density at radius 1 is 0.328 bits per heavy atom. The summed E-state index contributed by atoms with van der Waals surface area (Å²) in [7, 11) is 0. The highest BCUT2D eigenvalue weighted by atomic mass is 16.3. The van der Waals surface area contributed by atoms with E-state index < -0.39 is 0 Å². The van der Waals surface area contributed by atoms with Crippen LogP contribution >= 0.6 is 0 Å². The van der Waals surface area contributed by atoms with E-state index in [4.69, 9.17) is 4.42 Å². The molecule has 61 heavy (non-hydrogen) atoms. The van der Waals surface area contributed by atoms with Crippen molar-refractivity contribution < 1.29 is 4.42 Å². The summed E-state index contributed by atoms with van der Waals surface area (Å²) >= 11 is 0. The van der Waals surface area contributed by atoms with Gasteiger partial charge in [0.25, 0.3) is 0 Å². The monoisotopic (exact) mass is 778 g/mol. The highest BCUT2D eigenvalue weighted by molar-refractivity contribution is 6.11. The van der Waals surface area contributed by atoms with E-state index in [1.807, 2.05) is 12.1 Å². The standard InChI is InChI=1S/C58H38N2O/c1-2-17-44-41(15-1)16-13-29-52(44)59(43-37-35-40(36-38-43)39-31-33-42(34-32-39)45-23-14-24-51-50-22-7-12-30-57(50)61-58(45)51)53-25-8-3-18-46(53)47-19-4-9-26-54(47)60-55-27-10-5-20-48(55)49-21-6-11-28-56(49)60/h1-38H. The van der Waals surface area contributed by atoms with Crippen LogP contribution in [0.25, 0.3) is 93.6 Å². The van der Waals surface area contributed by atoms with Gasteiger partial charge in [-0.3, -0.25) is 0 Å². The molecule has 0 saturated carbocycles. The van der Waals surface area contributed by atoms with Gasteiger partial charge in [-0.05, 0) is 70.6 Å². The fraction of sp³-hybridized carbons (Fsp3) is 0. The first-order valence-corrected chi connectivity index (χ1v) is 20.8. The van der Waals surface area contributed by atoms with E-state index in [1.165, 1.54) is 32.6 Å². The van der Waals surface area contributed by atoms with Crippen LogP contribution in [-0.4, -0.2) is 4.57 Å². The second-order valence-electron chi connectivity index (χ2n) is 15.6. The van der Waals surface area contributed by atoms with Crippen LogP contribution < -0.4 is 4.90 Å². The van der Waals surface area contributed by atoms with E-state index in [2.05, 4.69) is 228 Å². The van der Waals surface area contributed by atoms with Gasteiger partial charge in [0.05, 0.1) is 28.1 Å². The second-order valence-corrected chi connectivity index (χ2v) is 15.6. The zero-order valence-corrected chi connectivity index (χ0v) is 33.2.